The molecule has 0 radical (unpaired) electrons. The molecule has 3 aromatic heterocycles. The summed E-state index contributed by atoms with van der Waals surface area (Å²) in [6.45, 7) is 0. The van der Waals surface area contributed by atoms with Crippen molar-refractivity contribution < 1.29 is 9.62 Å². The molecule has 0 unspecified atom stereocenters. The van der Waals surface area contributed by atoms with Crippen LogP contribution < -0.4 is 11.1 Å². The highest BCUT2D eigenvalue weighted by Gasteiger charge is 2.10. The molecule has 0 fully saturated rings. The van der Waals surface area contributed by atoms with E-state index >= 15 is 0 Å². The van der Waals surface area contributed by atoms with E-state index in [0.717, 1.165) is 0 Å². The normalized spacial score (nSPS) is 11.0. The number of hydrogen-bond donors (Lipinski definition) is 3. The molecule has 0 spiro atoms. The number of nitrogens with two attached hydrogens (primary N) is 1. The second-order valence-corrected chi connectivity index (χ2v) is 4.75. The molecule has 11 heteroatoms. The van der Waals surface area contributed by atoms with Crippen molar-refractivity contribution in [3.05, 3.63) is 47.4 Å². The van der Waals surface area contributed by atoms with Crippen molar-refractivity contribution in [3.8, 4) is 11.6 Å². The highest BCUT2D eigenvalue weighted by molar-refractivity contribution is 6.30. The number of amidine groups is 1. The molecule has 3 heterocycles. The van der Waals surface area contributed by atoms with E-state index in [1.54, 1.807) is 24.3 Å². The molecule has 0 saturated heterocycles. The Morgan fingerprint density at radius 2 is 2.00 bits per heavy atom. The van der Waals surface area contributed by atoms with Crippen LogP contribution >= 0.6 is 24.0 Å². The van der Waals surface area contributed by atoms with E-state index in [2.05, 4.69) is 30.6 Å². The number of anilines is 2. The monoisotopic (exact) mass is 367 g/mol. The largest absolute Gasteiger partial charge is 0.409 e. The van der Waals surface area contributed by atoms with Gasteiger partial charge in [-0.2, -0.15) is 0 Å². The lowest BCUT2D eigenvalue weighted by Crippen LogP contribution is -2.14. The molecule has 3 aromatic rings. The fourth-order valence-electron chi connectivity index (χ4n) is 1.67. The number of nitrogens with one attached hydrogen (secondary N) is 1. The maximum Gasteiger partial charge on any atom is 0.320 e. The maximum atomic E-state index is 8.58. The Kier molecular flexibility index (Phi) is 5.51. The number of halogens is 2. The van der Waals surface area contributed by atoms with Crippen molar-refractivity contribution in [1.82, 2.24) is 20.2 Å². The lowest BCUT2D eigenvalue weighted by atomic mass is 10.3. The van der Waals surface area contributed by atoms with Crippen LogP contribution in [0.25, 0.3) is 11.6 Å². The first-order valence-corrected chi connectivity index (χ1v) is 6.70. The van der Waals surface area contributed by atoms with Crippen LogP contribution in [-0.4, -0.2) is 31.2 Å². The van der Waals surface area contributed by atoms with Gasteiger partial charge >= 0.3 is 6.01 Å². The molecule has 124 valence electrons. The second kappa shape index (κ2) is 7.57. The minimum Gasteiger partial charge on any atom is -0.409 e. The molecule has 3 rings (SSSR count). The van der Waals surface area contributed by atoms with Crippen molar-refractivity contribution >= 4 is 41.5 Å². The Morgan fingerprint density at radius 3 is 2.62 bits per heavy atom. The van der Waals surface area contributed by atoms with Crippen LogP contribution in [0.3, 0.4) is 0 Å². The number of oxime groups is 1. The zero-order valence-electron chi connectivity index (χ0n) is 11.9. The summed E-state index contributed by atoms with van der Waals surface area (Å²) in [6.07, 6.45) is 2.97. The van der Waals surface area contributed by atoms with Crippen molar-refractivity contribution in [2.24, 2.45) is 10.9 Å². The molecular formula is C13H11Cl2N7O2. The van der Waals surface area contributed by atoms with E-state index in [9.17, 15) is 0 Å². The molecular weight excluding hydrogens is 357 g/mol. The van der Waals surface area contributed by atoms with Gasteiger partial charge in [0.1, 0.15) is 11.4 Å². The van der Waals surface area contributed by atoms with Crippen molar-refractivity contribution in [2.75, 3.05) is 5.32 Å². The van der Waals surface area contributed by atoms with E-state index in [-0.39, 0.29) is 30.1 Å². The van der Waals surface area contributed by atoms with Gasteiger partial charge in [-0.15, -0.1) is 17.5 Å². The topological polar surface area (TPSA) is 135 Å². The zero-order chi connectivity index (χ0) is 16.2. The van der Waals surface area contributed by atoms with Crippen LogP contribution in [-0.2, 0) is 0 Å². The molecule has 0 aromatic carbocycles. The predicted molar refractivity (Wildman–Crippen MR) is 89.8 cm³/mol. The predicted octanol–water partition coefficient (Wildman–Crippen LogP) is 2.44. The minimum atomic E-state index is -0.0783. The second-order valence-electron chi connectivity index (χ2n) is 4.32. The summed E-state index contributed by atoms with van der Waals surface area (Å²) in [5, 5.41) is 22.6. The first-order valence-electron chi connectivity index (χ1n) is 6.32. The van der Waals surface area contributed by atoms with Crippen LogP contribution in [0.1, 0.15) is 5.69 Å². The van der Waals surface area contributed by atoms with Gasteiger partial charge in [0.05, 0.1) is 16.9 Å². The van der Waals surface area contributed by atoms with Gasteiger partial charge in [-0.1, -0.05) is 21.9 Å². The first-order chi connectivity index (χ1) is 11.2. The standard InChI is InChI=1S/C13H10ClN7O2.ClH/c14-7-1-3-10(16-5-7)12-19-20-13(23-12)18-8-2-4-9(17-6-8)11(15)21-22;/h1-6,22H,(H2,15,21)(H,18,20);1H. The van der Waals surface area contributed by atoms with Gasteiger partial charge in [0.25, 0.3) is 5.89 Å². The van der Waals surface area contributed by atoms with Crippen molar-refractivity contribution in [1.29, 1.82) is 0 Å². The molecule has 4 N–H and O–H groups in total. The van der Waals surface area contributed by atoms with Crippen LogP contribution in [0, 0.1) is 0 Å². The molecule has 9 nitrogen and oxygen atoms in total. The van der Waals surface area contributed by atoms with Gasteiger partial charge in [0, 0.05) is 6.20 Å². The highest BCUT2D eigenvalue weighted by Crippen LogP contribution is 2.21. The van der Waals surface area contributed by atoms with Gasteiger partial charge in [-0.3, -0.25) is 4.98 Å². The summed E-state index contributed by atoms with van der Waals surface area (Å²) in [4.78, 5) is 8.12. The van der Waals surface area contributed by atoms with Gasteiger partial charge in [0.15, 0.2) is 5.84 Å². The Hall–Kier alpha value is -2.91. The Bertz CT molecular complexity index is 834. The molecule has 0 aliphatic carbocycles. The summed E-state index contributed by atoms with van der Waals surface area (Å²) < 4.78 is 5.46. The number of hydrogen-bond acceptors (Lipinski definition) is 8. The van der Waals surface area contributed by atoms with Crippen molar-refractivity contribution in [3.63, 3.8) is 0 Å². The quantitative estimate of drug-likeness (QED) is 0.277. The van der Waals surface area contributed by atoms with E-state index in [1.165, 1.54) is 12.4 Å². The molecule has 0 atom stereocenters. The van der Waals surface area contributed by atoms with Crippen LogP contribution in [0.15, 0.2) is 46.2 Å². The minimum absolute atomic E-state index is 0. The van der Waals surface area contributed by atoms with E-state index in [1.807, 2.05) is 0 Å². The maximum absolute atomic E-state index is 8.58. The number of aromatic nitrogens is 4. The zero-order valence-corrected chi connectivity index (χ0v) is 13.5. The third kappa shape index (κ3) is 3.89. The first kappa shape index (κ1) is 17.4. The number of pyridine rings is 2. The highest BCUT2D eigenvalue weighted by atomic mass is 35.5. The smallest absolute Gasteiger partial charge is 0.320 e. The average molecular weight is 368 g/mol. The molecule has 0 aliphatic heterocycles. The summed E-state index contributed by atoms with van der Waals surface area (Å²) in [7, 11) is 0. The third-order valence-corrected chi connectivity index (χ3v) is 2.98. The molecule has 0 bridgehead atoms. The van der Waals surface area contributed by atoms with Crippen LogP contribution in [0.4, 0.5) is 11.7 Å². The molecule has 0 amide bonds. The summed E-state index contributed by atoms with van der Waals surface area (Å²) in [6, 6.07) is 6.78. The fourth-order valence-corrected chi connectivity index (χ4v) is 1.79. The molecule has 24 heavy (non-hydrogen) atoms. The fraction of sp³-hybridized carbons (Fsp3) is 0. The average Bonchev–Trinajstić information content (AvgIpc) is 3.04. The summed E-state index contributed by atoms with van der Waals surface area (Å²) in [5.41, 5.74) is 6.88. The van der Waals surface area contributed by atoms with Gasteiger partial charge in [0.2, 0.25) is 0 Å². The van der Waals surface area contributed by atoms with Gasteiger partial charge in [-0.05, 0) is 24.3 Å². The number of rotatable bonds is 4. The number of nitrogens with zero attached hydrogens (tertiary/aromatic N) is 5. The van der Waals surface area contributed by atoms with E-state index in [0.29, 0.717) is 22.1 Å². The molecule has 0 saturated carbocycles. The summed E-state index contributed by atoms with van der Waals surface area (Å²) >= 11 is 5.78. The van der Waals surface area contributed by atoms with E-state index in [4.69, 9.17) is 27.0 Å². The van der Waals surface area contributed by atoms with Gasteiger partial charge < -0.3 is 20.7 Å². The third-order valence-electron chi connectivity index (χ3n) is 2.76. The Morgan fingerprint density at radius 1 is 1.17 bits per heavy atom. The lowest BCUT2D eigenvalue weighted by molar-refractivity contribution is 0.318. The van der Waals surface area contributed by atoms with E-state index < -0.39 is 0 Å². The Labute approximate surface area is 147 Å². The van der Waals surface area contributed by atoms with Crippen molar-refractivity contribution in [2.45, 2.75) is 0 Å². The Balaban J connectivity index is 0.00000208. The SMILES string of the molecule is Cl.NC(=NO)c1ccc(Nc2nnc(-c3ccc(Cl)cn3)o2)cn1. The molecule has 0 aliphatic rings. The summed E-state index contributed by atoms with van der Waals surface area (Å²) in [5.74, 6) is 0.177. The van der Waals surface area contributed by atoms with Crippen LogP contribution in [0.5, 0.6) is 0 Å². The van der Waals surface area contributed by atoms with Crippen LogP contribution in [0.2, 0.25) is 5.02 Å². The van der Waals surface area contributed by atoms with Gasteiger partial charge in [-0.25, -0.2) is 4.98 Å². The lowest BCUT2D eigenvalue weighted by Gasteiger charge is -2.02.